The van der Waals surface area contributed by atoms with Crippen LogP contribution in [0.1, 0.15) is 43.2 Å². The molecule has 0 unspecified atom stereocenters. The normalized spacial score (nSPS) is 14.9. The molecule has 0 aliphatic carbocycles. The maximum absolute atomic E-state index is 12.5. The lowest BCUT2D eigenvalue weighted by Crippen LogP contribution is -2.25. The first-order chi connectivity index (χ1) is 17.9. The van der Waals surface area contributed by atoms with E-state index in [-0.39, 0.29) is 34.6 Å². The summed E-state index contributed by atoms with van der Waals surface area (Å²) in [7, 11) is -7.10. The molecule has 2 heterocycles. The highest BCUT2D eigenvalue weighted by Crippen LogP contribution is 2.14. The van der Waals surface area contributed by atoms with Crippen molar-refractivity contribution in [3.05, 3.63) is 59.7 Å². The van der Waals surface area contributed by atoms with Gasteiger partial charge in [-0.25, -0.2) is 26.3 Å². The Bertz CT molecular complexity index is 1230. The van der Waals surface area contributed by atoms with E-state index in [0.717, 1.165) is 81.1 Å². The monoisotopic (exact) mass is 618 g/mol. The van der Waals surface area contributed by atoms with Gasteiger partial charge in [-0.2, -0.15) is 0 Å². The summed E-state index contributed by atoms with van der Waals surface area (Å²) in [6, 6.07) is 13.4. The summed E-state index contributed by atoms with van der Waals surface area (Å²) < 4.78 is 55.3. The molecule has 0 saturated heterocycles. The van der Waals surface area contributed by atoms with Crippen LogP contribution in [0, 0.1) is 0 Å². The summed E-state index contributed by atoms with van der Waals surface area (Å²) in [5.41, 5.74) is 1.76. The van der Waals surface area contributed by atoms with E-state index in [0.29, 0.717) is 13.1 Å². The first-order valence-electron chi connectivity index (χ1n) is 12.6. The Morgan fingerprint density at radius 2 is 0.949 bits per heavy atom. The number of unbranched alkanes of at least 4 members (excludes halogenated alkanes) is 4. The zero-order valence-electron chi connectivity index (χ0n) is 21.6. The zero-order valence-corrected chi connectivity index (χ0v) is 24.8. The fourth-order valence-electron chi connectivity index (χ4n) is 4.13. The molecule has 0 amide bonds. The third-order valence-electron chi connectivity index (χ3n) is 6.16. The van der Waals surface area contributed by atoms with Gasteiger partial charge in [0.15, 0.2) is 0 Å². The molecule has 0 saturated carbocycles. The number of halogens is 2. The van der Waals surface area contributed by atoms with Gasteiger partial charge in [0.25, 0.3) is 0 Å². The van der Waals surface area contributed by atoms with Crippen molar-refractivity contribution >= 4 is 56.5 Å². The maximum Gasteiger partial charge on any atom is 0.240 e. The number of hydrogen-bond acceptors (Lipinski definition) is 8. The number of rotatable bonds is 14. The first kappa shape index (κ1) is 33.0. The molecule has 0 atom stereocenters. The molecule has 2 aromatic rings. The van der Waals surface area contributed by atoms with E-state index in [9.17, 15) is 16.8 Å². The molecule has 0 bridgehead atoms. The minimum absolute atomic E-state index is 0. The summed E-state index contributed by atoms with van der Waals surface area (Å²) in [5, 5.41) is 6.34. The Hall–Kier alpha value is -2.22. The molecule has 0 radical (unpaired) electrons. The minimum atomic E-state index is -3.55. The third-order valence-corrected chi connectivity index (χ3v) is 9.12. The van der Waals surface area contributed by atoms with E-state index in [1.165, 1.54) is 0 Å². The average molecular weight is 620 g/mol. The Morgan fingerprint density at radius 3 is 1.28 bits per heavy atom. The molecule has 0 aromatic heterocycles. The van der Waals surface area contributed by atoms with E-state index in [1.54, 1.807) is 48.5 Å². The van der Waals surface area contributed by atoms with E-state index >= 15 is 0 Å². The van der Waals surface area contributed by atoms with Crippen LogP contribution in [-0.4, -0.2) is 67.8 Å². The van der Waals surface area contributed by atoms with Crippen LogP contribution in [0.2, 0.25) is 0 Å². The predicted octanol–water partition coefficient (Wildman–Crippen LogP) is 2.44. The largest absolute Gasteiger partial charge is 0.368 e. The van der Waals surface area contributed by atoms with Crippen LogP contribution in [-0.2, 0) is 20.0 Å². The number of amidine groups is 2. The number of sulfonamides is 2. The van der Waals surface area contributed by atoms with Crippen LogP contribution < -0.4 is 20.1 Å². The highest BCUT2D eigenvalue weighted by molar-refractivity contribution is 7.89. The van der Waals surface area contributed by atoms with Crippen LogP contribution in [0.5, 0.6) is 0 Å². The molecule has 14 heteroatoms. The van der Waals surface area contributed by atoms with Crippen LogP contribution >= 0.6 is 24.8 Å². The van der Waals surface area contributed by atoms with Gasteiger partial charge < -0.3 is 10.6 Å². The lowest BCUT2D eigenvalue weighted by Gasteiger charge is -2.09. The number of hydrogen-bond donors (Lipinski definition) is 4. The molecule has 2 aromatic carbocycles. The lowest BCUT2D eigenvalue weighted by molar-refractivity contribution is 0.562. The number of nitrogens with zero attached hydrogens (tertiary/aromatic N) is 2. The van der Waals surface area contributed by atoms with Crippen LogP contribution in [0.4, 0.5) is 0 Å². The SMILES string of the molecule is Cl.Cl.O=S(=O)(NCCCCCCCNS(=O)(=O)c1ccc(C2=NCCN2)cc1)c1ccc(C2=NCCN2)cc1. The molecule has 4 rings (SSSR count). The van der Waals surface area contributed by atoms with E-state index in [2.05, 4.69) is 30.1 Å². The number of aliphatic imine (C=N–C) groups is 2. The standard InChI is InChI=1S/C25H34N6O4S2.2ClH/c32-36(33,22-10-6-20(7-11-22)24-26-16-17-27-24)30-14-4-2-1-3-5-15-31-37(34,35)23-12-8-21(9-13-23)25-28-18-19-29-25;;/h6-13,30-31H,1-5,14-19H2,(H,26,27)(H,28,29);2*1H. The quantitative estimate of drug-likeness (QED) is 0.240. The number of nitrogens with one attached hydrogen (secondary N) is 4. The molecular weight excluding hydrogens is 583 g/mol. The van der Waals surface area contributed by atoms with Crippen molar-refractivity contribution in [3.8, 4) is 0 Å². The van der Waals surface area contributed by atoms with Crippen molar-refractivity contribution in [3.63, 3.8) is 0 Å². The molecule has 2 aliphatic rings. The van der Waals surface area contributed by atoms with Gasteiger partial charge in [0, 0.05) is 37.3 Å². The highest BCUT2D eigenvalue weighted by Gasteiger charge is 2.16. The molecule has 4 N–H and O–H groups in total. The first-order valence-corrected chi connectivity index (χ1v) is 15.6. The topological polar surface area (TPSA) is 141 Å². The van der Waals surface area contributed by atoms with E-state index < -0.39 is 20.0 Å². The molecule has 0 fully saturated rings. The zero-order chi connectivity index (χ0) is 26.1. The van der Waals surface area contributed by atoms with Crippen molar-refractivity contribution in [1.29, 1.82) is 0 Å². The van der Waals surface area contributed by atoms with Gasteiger partial charge in [0.05, 0.1) is 22.9 Å². The Morgan fingerprint density at radius 1 is 0.590 bits per heavy atom. The molecule has 2 aliphatic heterocycles. The van der Waals surface area contributed by atoms with Crippen molar-refractivity contribution in [2.75, 3.05) is 39.3 Å². The Labute approximate surface area is 243 Å². The number of benzene rings is 2. The lowest BCUT2D eigenvalue weighted by atomic mass is 10.1. The van der Waals surface area contributed by atoms with Gasteiger partial charge in [-0.15, -0.1) is 24.8 Å². The van der Waals surface area contributed by atoms with E-state index in [4.69, 9.17) is 0 Å². The fraction of sp³-hybridized carbons (Fsp3) is 0.440. The molecule has 0 spiro atoms. The summed E-state index contributed by atoms with van der Waals surface area (Å²) in [6.45, 7) is 3.80. The summed E-state index contributed by atoms with van der Waals surface area (Å²) in [5.74, 6) is 1.60. The second-order valence-electron chi connectivity index (χ2n) is 8.93. The Balaban J connectivity index is 0.00000267. The second-order valence-corrected chi connectivity index (χ2v) is 12.5. The van der Waals surface area contributed by atoms with Gasteiger partial charge in [-0.3, -0.25) is 9.98 Å². The van der Waals surface area contributed by atoms with Crippen molar-refractivity contribution in [2.45, 2.75) is 41.9 Å². The van der Waals surface area contributed by atoms with Gasteiger partial charge in [0.2, 0.25) is 20.0 Å². The smallest absolute Gasteiger partial charge is 0.240 e. The van der Waals surface area contributed by atoms with Crippen LogP contribution in [0.25, 0.3) is 0 Å². The molecular formula is C25H36Cl2N6O4S2. The highest BCUT2D eigenvalue weighted by atomic mass is 35.5. The Kier molecular flexibility index (Phi) is 13.1. The average Bonchev–Trinajstić information content (AvgIpc) is 3.63. The summed E-state index contributed by atoms with van der Waals surface area (Å²) in [6.07, 6.45) is 4.06. The maximum atomic E-state index is 12.5. The van der Waals surface area contributed by atoms with Crippen molar-refractivity contribution in [2.24, 2.45) is 9.98 Å². The molecule has 39 heavy (non-hydrogen) atoms. The van der Waals surface area contributed by atoms with Gasteiger partial charge >= 0.3 is 0 Å². The van der Waals surface area contributed by atoms with Gasteiger partial charge in [-0.1, -0.05) is 19.3 Å². The second kappa shape index (κ2) is 15.5. The molecule has 216 valence electrons. The third kappa shape index (κ3) is 9.44. The van der Waals surface area contributed by atoms with Crippen LogP contribution in [0.15, 0.2) is 68.3 Å². The molecule has 10 nitrogen and oxygen atoms in total. The van der Waals surface area contributed by atoms with E-state index in [1.807, 2.05) is 0 Å². The van der Waals surface area contributed by atoms with Gasteiger partial charge in [0.1, 0.15) is 11.7 Å². The summed E-state index contributed by atoms with van der Waals surface area (Å²) in [4.78, 5) is 9.15. The van der Waals surface area contributed by atoms with Gasteiger partial charge in [-0.05, 0) is 61.4 Å². The fourth-order valence-corrected chi connectivity index (χ4v) is 6.27. The van der Waals surface area contributed by atoms with Crippen LogP contribution in [0.3, 0.4) is 0 Å². The minimum Gasteiger partial charge on any atom is -0.368 e. The van der Waals surface area contributed by atoms with Crippen molar-refractivity contribution < 1.29 is 16.8 Å². The van der Waals surface area contributed by atoms with Crippen molar-refractivity contribution in [1.82, 2.24) is 20.1 Å². The summed E-state index contributed by atoms with van der Waals surface area (Å²) >= 11 is 0. The predicted molar refractivity (Wildman–Crippen MR) is 160 cm³/mol.